The van der Waals surface area contributed by atoms with Gasteiger partial charge >= 0.3 is 35.9 Å². The van der Waals surface area contributed by atoms with Gasteiger partial charge in [0.1, 0.15) is 35.5 Å². The lowest BCUT2D eigenvalue weighted by atomic mass is 9.44. The number of amides is 2. The first-order valence-corrected chi connectivity index (χ1v) is 25.6. The first kappa shape index (κ1) is 56.4. The Kier molecular flexibility index (Phi) is 16.1. The first-order chi connectivity index (χ1) is 36.9. The third kappa shape index (κ3) is 10.6. The van der Waals surface area contributed by atoms with Crippen molar-refractivity contribution in [3.05, 3.63) is 149 Å². The number of aromatic nitrogens is 1. The van der Waals surface area contributed by atoms with E-state index in [2.05, 4.69) is 10.6 Å². The summed E-state index contributed by atoms with van der Waals surface area (Å²) in [5.74, 6) is -8.32. The van der Waals surface area contributed by atoms with Crippen LogP contribution in [0.1, 0.15) is 111 Å². The van der Waals surface area contributed by atoms with Gasteiger partial charge < -0.3 is 54.0 Å². The van der Waals surface area contributed by atoms with Gasteiger partial charge in [-0.15, -0.1) is 0 Å². The van der Waals surface area contributed by atoms with E-state index >= 15 is 9.59 Å². The predicted octanol–water partition coefficient (Wildman–Crippen LogP) is 4.98. The van der Waals surface area contributed by atoms with E-state index in [1.807, 2.05) is 0 Å². The lowest BCUT2D eigenvalue weighted by Crippen LogP contribution is -2.82. The van der Waals surface area contributed by atoms with Crippen molar-refractivity contribution in [3.8, 4) is 0 Å². The number of alkyl carbamates (subject to hydrolysis) is 1. The molecular weight excluding hydrogens is 1010 g/mol. The van der Waals surface area contributed by atoms with Crippen molar-refractivity contribution in [3.63, 3.8) is 0 Å². The Bertz CT molecular complexity index is 3000. The fourth-order valence-electron chi connectivity index (χ4n) is 11.6. The number of fused-ring (bicyclic) bond motifs is 5. The molecule has 2 bridgehead atoms. The number of nitrogens with zero attached hydrogens (tertiary/aromatic N) is 1. The molecule has 1 saturated heterocycles. The number of benzene rings is 3. The van der Waals surface area contributed by atoms with Gasteiger partial charge in [-0.05, 0) is 74.7 Å². The van der Waals surface area contributed by atoms with E-state index in [1.165, 1.54) is 81.1 Å². The number of ketones is 1. The number of carbonyl (C=O) groups excluding carboxylic acids is 8. The molecular formula is C58H64N3O17+. The van der Waals surface area contributed by atoms with Crippen LogP contribution in [-0.2, 0) is 59.1 Å². The average Bonchev–Trinajstić information content (AvgIpc) is 3.50. The minimum atomic E-state index is -2.51. The number of hydrogen-bond acceptors (Lipinski definition) is 17. The third-order valence-corrected chi connectivity index (χ3v) is 15.5. The largest absolute Gasteiger partial charge is 0.455 e. The molecule has 1 aliphatic heterocycles. The lowest BCUT2D eigenvalue weighted by Gasteiger charge is -2.67. The van der Waals surface area contributed by atoms with Crippen LogP contribution in [0.5, 0.6) is 0 Å². The van der Waals surface area contributed by atoms with Crippen LogP contribution in [0.15, 0.2) is 127 Å². The number of aliphatic hydroxyl groups is 2. The van der Waals surface area contributed by atoms with Crippen LogP contribution in [0.25, 0.3) is 0 Å². The number of rotatable bonds is 15. The van der Waals surface area contributed by atoms with E-state index in [0.717, 1.165) is 13.8 Å². The summed E-state index contributed by atoms with van der Waals surface area (Å²) < 4.78 is 43.8. The number of esters is 5. The molecule has 20 nitrogen and oxygen atoms in total. The molecule has 2 heterocycles. The zero-order valence-corrected chi connectivity index (χ0v) is 44.5. The maximum Gasteiger partial charge on any atom is 0.412 e. The summed E-state index contributed by atoms with van der Waals surface area (Å²) in [6.45, 7) is 11.0. The molecule has 3 fully saturated rings. The van der Waals surface area contributed by atoms with Crippen molar-refractivity contribution in [2.24, 2.45) is 16.7 Å². The molecule has 78 heavy (non-hydrogen) atoms. The Morgan fingerprint density at radius 2 is 1.40 bits per heavy atom. The van der Waals surface area contributed by atoms with Gasteiger partial charge in [-0.1, -0.05) is 80.6 Å². The standard InChI is InChI=1S/C58H63N3O17/c1-32(2)59-54(70)73-31-61-26-18-25-39(29-61)52(68)76-46(44(36-19-12-9-13-20-36)60-50(66)37-21-14-10-15-22-37)53(69)75-40-28-58(71)49(77-51(67)38-23-16-11-17-24-38)47-56(8,41(64)27-42-57(47,30-72-42)78-35(5)63)48(65)45(74-34(4)62)43(33(40)3)55(58,6)7/h9-26,29,32,40-42,44-47,49,64,71H,27-28,30-31H2,1-8H3,(H-,59,60,66,70)/p+1/t40-,41?,42?,44-,45+,46+,47?,49-,56+,57-,58?/m0/s1. The van der Waals surface area contributed by atoms with Gasteiger partial charge in [0.15, 0.2) is 29.9 Å². The maximum absolute atomic E-state index is 15.8. The van der Waals surface area contributed by atoms with Gasteiger partial charge in [-0.25, -0.2) is 19.2 Å². The van der Waals surface area contributed by atoms with Crippen molar-refractivity contribution in [1.82, 2.24) is 10.6 Å². The summed E-state index contributed by atoms with van der Waals surface area (Å²) in [5.41, 5.74) is -7.86. The molecule has 4 aliphatic rings. The maximum atomic E-state index is 15.8. The lowest BCUT2D eigenvalue weighted by molar-refractivity contribution is -0.727. The SMILES string of the molecule is CC(=O)O[C@H]1C(=O)[C@]2(C)C(O)CC3OC[C@@]3(OC(C)=O)C2[C@H](OC(=O)c2ccccc2)C2(O)C[C@H](OC(=O)[C@H](OC(=O)c3ccc[n+](COC(=O)NC(C)C)c3)[C@@H](NC(=O)c3ccccc3)c3ccccc3)C(C)=C1C2(C)C. The van der Waals surface area contributed by atoms with Gasteiger partial charge in [0.2, 0.25) is 6.10 Å². The molecule has 20 heteroatoms. The molecule has 4 N–H and O–H groups in total. The normalized spacial score (nSPS) is 27.6. The van der Waals surface area contributed by atoms with Crippen LogP contribution >= 0.6 is 0 Å². The monoisotopic (exact) mass is 1070 g/mol. The summed E-state index contributed by atoms with van der Waals surface area (Å²) in [5, 5.41) is 31.8. The molecule has 0 radical (unpaired) electrons. The Balaban J connectivity index is 1.28. The highest BCUT2D eigenvalue weighted by molar-refractivity contribution is 5.97. The van der Waals surface area contributed by atoms with Crippen LogP contribution < -0.4 is 15.2 Å². The molecule has 0 spiro atoms. The van der Waals surface area contributed by atoms with Crippen molar-refractivity contribution in [1.29, 1.82) is 0 Å². The van der Waals surface area contributed by atoms with Crippen LogP contribution in [0.2, 0.25) is 0 Å². The Hall–Kier alpha value is -7.81. The zero-order chi connectivity index (χ0) is 56.5. The molecule has 4 unspecified atom stereocenters. The van der Waals surface area contributed by atoms with Gasteiger partial charge in [0.25, 0.3) is 12.6 Å². The minimum absolute atomic E-state index is 0.0269. The highest BCUT2D eigenvalue weighted by atomic mass is 16.6. The molecule has 3 aromatic carbocycles. The number of pyridine rings is 1. The number of carbonyl (C=O) groups is 8. The summed E-state index contributed by atoms with van der Waals surface area (Å²) in [6.07, 6.45) is -9.01. The smallest absolute Gasteiger partial charge is 0.412 e. The van der Waals surface area contributed by atoms with E-state index in [-0.39, 0.29) is 59.2 Å². The summed E-state index contributed by atoms with van der Waals surface area (Å²) in [7, 11) is 0. The molecule has 412 valence electrons. The van der Waals surface area contributed by atoms with E-state index in [9.17, 15) is 39.0 Å². The van der Waals surface area contributed by atoms with Crippen LogP contribution in [0.3, 0.4) is 0 Å². The second-order valence-electron chi connectivity index (χ2n) is 21.2. The van der Waals surface area contributed by atoms with Crippen molar-refractivity contribution in [2.75, 3.05) is 6.61 Å². The topological polar surface area (TPSA) is 270 Å². The Morgan fingerprint density at radius 3 is 1.99 bits per heavy atom. The van der Waals surface area contributed by atoms with Gasteiger partial charge in [-0.2, -0.15) is 4.57 Å². The predicted molar refractivity (Wildman–Crippen MR) is 272 cm³/mol. The molecule has 4 aromatic rings. The molecule has 3 aliphatic carbocycles. The van der Waals surface area contributed by atoms with Crippen molar-refractivity contribution >= 4 is 47.6 Å². The van der Waals surface area contributed by atoms with Gasteiger partial charge in [0, 0.05) is 49.8 Å². The molecule has 8 rings (SSSR count). The number of Topliss-reactive ketones (excluding diaryl/α,β-unsaturated/α-hetero) is 1. The summed E-state index contributed by atoms with van der Waals surface area (Å²) >= 11 is 0. The second kappa shape index (κ2) is 22.3. The molecule has 2 amide bonds. The van der Waals surface area contributed by atoms with Crippen LogP contribution in [0.4, 0.5) is 4.79 Å². The number of hydrogen-bond donors (Lipinski definition) is 4. The third-order valence-electron chi connectivity index (χ3n) is 15.5. The van der Waals surface area contributed by atoms with Crippen molar-refractivity contribution < 1.29 is 86.3 Å². The molecule has 1 aromatic heterocycles. The number of aliphatic hydroxyl groups excluding tert-OH is 1. The van der Waals surface area contributed by atoms with E-state index < -0.39 is 125 Å². The summed E-state index contributed by atoms with van der Waals surface area (Å²) in [4.78, 5) is 113. The Labute approximate surface area is 450 Å². The van der Waals surface area contributed by atoms with Gasteiger partial charge in [0.05, 0.1) is 29.6 Å². The molecule has 2 saturated carbocycles. The fourth-order valence-corrected chi connectivity index (χ4v) is 11.6. The zero-order valence-electron chi connectivity index (χ0n) is 44.5. The van der Waals surface area contributed by atoms with E-state index in [0.29, 0.717) is 0 Å². The highest BCUT2D eigenvalue weighted by Crippen LogP contribution is 2.64. The van der Waals surface area contributed by atoms with Gasteiger partial charge in [-0.3, -0.25) is 19.2 Å². The summed E-state index contributed by atoms with van der Waals surface area (Å²) in [6, 6.07) is 25.1. The minimum Gasteiger partial charge on any atom is -0.455 e. The van der Waals surface area contributed by atoms with E-state index in [4.69, 9.17) is 33.2 Å². The van der Waals surface area contributed by atoms with Crippen molar-refractivity contribution in [2.45, 2.75) is 135 Å². The highest BCUT2D eigenvalue weighted by Gasteiger charge is 2.78. The number of nitrogens with one attached hydrogen (secondary N) is 2. The van der Waals surface area contributed by atoms with Crippen LogP contribution in [-0.4, -0.2) is 118 Å². The quantitative estimate of drug-likeness (QED) is 0.0529. The number of ether oxygens (including phenoxy) is 7. The average molecular weight is 1080 g/mol. The molecule has 11 atom stereocenters. The van der Waals surface area contributed by atoms with Crippen LogP contribution in [0, 0.1) is 16.7 Å². The Morgan fingerprint density at radius 1 is 0.782 bits per heavy atom. The fraction of sp³-hybridized carbons (Fsp3) is 0.431. The van der Waals surface area contributed by atoms with E-state index in [1.54, 1.807) is 80.6 Å². The second-order valence-corrected chi connectivity index (χ2v) is 21.2. The first-order valence-electron chi connectivity index (χ1n) is 25.6.